The summed E-state index contributed by atoms with van der Waals surface area (Å²) in [5.41, 5.74) is 0.922. The minimum atomic E-state index is -1.18. The average Bonchev–Trinajstić information content (AvgIpc) is 3.00. The van der Waals surface area contributed by atoms with Gasteiger partial charge in [-0.3, -0.25) is 9.00 Å². The van der Waals surface area contributed by atoms with Crippen molar-refractivity contribution in [3.63, 3.8) is 0 Å². The molecule has 2 aromatic heterocycles. The van der Waals surface area contributed by atoms with E-state index >= 15 is 0 Å². The van der Waals surface area contributed by atoms with Crippen LogP contribution in [0.4, 0.5) is 0 Å². The largest absolute Gasteiger partial charge is 0.340 e. The van der Waals surface area contributed by atoms with E-state index in [4.69, 9.17) is 0 Å². The van der Waals surface area contributed by atoms with Gasteiger partial charge in [0.2, 0.25) is 5.91 Å². The van der Waals surface area contributed by atoms with Crippen LogP contribution in [-0.2, 0) is 27.9 Å². The van der Waals surface area contributed by atoms with Crippen LogP contribution in [0.15, 0.2) is 17.5 Å². The SMILES string of the molecule is Cc1nc(C)c(CS(=O)CC(=O)N(C)Cc2cccs2)s1. The maximum absolute atomic E-state index is 12.1. The molecule has 0 aromatic carbocycles. The molecule has 4 nitrogen and oxygen atoms in total. The molecule has 1 unspecified atom stereocenters. The molecule has 0 aliphatic heterocycles. The molecule has 0 aliphatic rings. The van der Waals surface area contributed by atoms with Gasteiger partial charge in [0.25, 0.3) is 0 Å². The second-order valence-electron chi connectivity index (χ2n) is 4.80. The van der Waals surface area contributed by atoms with Gasteiger partial charge in [0, 0.05) is 27.6 Å². The van der Waals surface area contributed by atoms with Crippen LogP contribution in [0.2, 0.25) is 0 Å². The summed E-state index contributed by atoms with van der Waals surface area (Å²) in [6.07, 6.45) is 0. The molecule has 0 saturated heterocycles. The van der Waals surface area contributed by atoms with Gasteiger partial charge >= 0.3 is 0 Å². The summed E-state index contributed by atoms with van der Waals surface area (Å²) in [7, 11) is 0.567. The molecule has 2 aromatic rings. The highest BCUT2D eigenvalue weighted by Crippen LogP contribution is 2.19. The minimum Gasteiger partial charge on any atom is -0.340 e. The Bertz CT molecular complexity index is 635. The molecule has 0 N–H and O–H groups in total. The Labute approximate surface area is 135 Å². The Balaban J connectivity index is 1.87. The first-order chi connectivity index (χ1) is 9.95. The number of rotatable bonds is 6. The third-order valence-corrected chi connectivity index (χ3v) is 6.27. The topological polar surface area (TPSA) is 50.3 Å². The molecular formula is C14H18N2O2S3. The zero-order valence-electron chi connectivity index (χ0n) is 12.3. The van der Waals surface area contributed by atoms with Gasteiger partial charge in [-0.15, -0.1) is 22.7 Å². The molecule has 0 radical (unpaired) electrons. The van der Waals surface area contributed by atoms with E-state index in [1.54, 1.807) is 34.6 Å². The van der Waals surface area contributed by atoms with Gasteiger partial charge < -0.3 is 4.90 Å². The van der Waals surface area contributed by atoms with Gasteiger partial charge in [0.1, 0.15) is 5.75 Å². The lowest BCUT2D eigenvalue weighted by atomic mass is 10.4. The molecule has 0 fully saturated rings. The molecule has 0 bridgehead atoms. The summed E-state index contributed by atoms with van der Waals surface area (Å²) in [6.45, 7) is 4.43. The van der Waals surface area contributed by atoms with Crippen LogP contribution in [0.3, 0.4) is 0 Å². The lowest BCUT2D eigenvalue weighted by Crippen LogP contribution is -2.30. The number of hydrogen-bond acceptors (Lipinski definition) is 5. The maximum atomic E-state index is 12.1. The molecule has 1 atom stereocenters. The van der Waals surface area contributed by atoms with Gasteiger partial charge in [0.15, 0.2) is 0 Å². The number of amides is 1. The summed E-state index contributed by atoms with van der Waals surface area (Å²) >= 11 is 3.17. The smallest absolute Gasteiger partial charge is 0.235 e. The fraction of sp³-hybridized carbons (Fsp3) is 0.429. The predicted octanol–water partition coefficient (Wildman–Crippen LogP) is 2.73. The lowest BCUT2D eigenvalue weighted by Gasteiger charge is -2.15. The van der Waals surface area contributed by atoms with Crippen LogP contribution in [0.25, 0.3) is 0 Å². The molecule has 0 aliphatic carbocycles. The molecule has 2 rings (SSSR count). The zero-order valence-corrected chi connectivity index (χ0v) is 14.7. The van der Waals surface area contributed by atoms with Crippen LogP contribution in [0, 0.1) is 13.8 Å². The Morgan fingerprint density at radius 2 is 2.19 bits per heavy atom. The molecule has 7 heteroatoms. The van der Waals surface area contributed by atoms with Crippen molar-refractivity contribution in [3.8, 4) is 0 Å². The van der Waals surface area contributed by atoms with E-state index in [0.717, 1.165) is 20.5 Å². The highest BCUT2D eigenvalue weighted by molar-refractivity contribution is 7.85. The first kappa shape index (κ1) is 16.3. The summed E-state index contributed by atoms with van der Waals surface area (Å²) in [4.78, 5) is 20.2. The second-order valence-corrected chi connectivity index (χ2v) is 8.58. The van der Waals surface area contributed by atoms with E-state index < -0.39 is 10.8 Å². The monoisotopic (exact) mass is 342 g/mol. The van der Waals surface area contributed by atoms with Gasteiger partial charge in [0.05, 0.1) is 23.0 Å². The van der Waals surface area contributed by atoms with E-state index in [1.807, 2.05) is 31.4 Å². The Hall–Kier alpha value is -1.05. The van der Waals surface area contributed by atoms with Crippen LogP contribution in [-0.4, -0.2) is 32.8 Å². The van der Waals surface area contributed by atoms with E-state index in [9.17, 15) is 9.00 Å². The number of aryl methyl sites for hydroxylation is 2. The van der Waals surface area contributed by atoms with Crippen LogP contribution in [0.1, 0.15) is 20.5 Å². The fourth-order valence-electron chi connectivity index (χ4n) is 1.88. The fourth-order valence-corrected chi connectivity index (χ4v) is 5.10. The van der Waals surface area contributed by atoms with E-state index in [1.165, 1.54) is 0 Å². The van der Waals surface area contributed by atoms with Gasteiger partial charge in [-0.2, -0.15) is 0 Å². The summed E-state index contributed by atoms with van der Waals surface area (Å²) in [5.74, 6) is 0.398. The Morgan fingerprint density at radius 3 is 2.76 bits per heavy atom. The van der Waals surface area contributed by atoms with Crippen molar-refractivity contribution in [2.45, 2.75) is 26.1 Å². The van der Waals surface area contributed by atoms with Crippen LogP contribution in [0.5, 0.6) is 0 Å². The van der Waals surface area contributed by atoms with Gasteiger partial charge in [-0.25, -0.2) is 4.98 Å². The molecular weight excluding hydrogens is 324 g/mol. The molecule has 2 heterocycles. The van der Waals surface area contributed by atoms with E-state index in [-0.39, 0.29) is 11.7 Å². The summed E-state index contributed by atoms with van der Waals surface area (Å²) in [6, 6.07) is 3.96. The van der Waals surface area contributed by atoms with Gasteiger partial charge in [-0.05, 0) is 25.3 Å². The van der Waals surface area contributed by atoms with Crippen molar-refractivity contribution >= 4 is 39.4 Å². The zero-order chi connectivity index (χ0) is 15.4. The average molecular weight is 343 g/mol. The highest BCUT2D eigenvalue weighted by Gasteiger charge is 2.16. The van der Waals surface area contributed by atoms with E-state index in [0.29, 0.717) is 12.3 Å². The normalized spacial score (nSPS) is 12.3. The standard InChI is InChI=1S/C14H18N2O2S3/c1-10-13(20-11(2)15-10)8-21(18)9-14(17)16(3)7-12-5-4-6-19-12/h4-6H,7-9H2,1-3H3. The molecule has 114 valence electrons. The molecule has 21 heavy (non-hydrogen) atoms. The number of thiazole rings is 1. The third-order valence-electron chi connectivity index (χ3n) is 2.98. The van der Waals surface area contributed by atoms with Crippen molar-refractivity contribution in [2.24, 2.45) is 0 Å². The maximum Gasteiger partial charge on any atom is 0.235 e. The number of carbonyl (C=O) groups excluding carboxylic acids is 1. The summed E-state index contributed by atoms with van der Waals surface area (Å²) in [5, 5.41) is 2.96. The van der Waals surface area contributed by atoms with Crippen LogP contribution >= 0.6 is 22.7 Å². The van der Waals surface area contributed by atoms with Crippen molar-refractivity contribution in [2.75, 3.05) is 12.8 Å². The predicted molar refractivity (Wildman–Crippen MR) is 89.1 cm³/mol. The number of thiophene rings is 1. The molecule has 0 saturated carbocycles. The summed E-state index contributed by atoms with van der Waals surface area (Å²) < 4.78 is 12.1. The Morgan fingerprint density at radius 1 is 1.43 bits per heavy atom. The lowest BCUT2D eigenvalue weighted by molar-refractivity contribution is -0.127. The highest BCUT2D eigenvalue weighted by atomic mass is 32.2. The number of carbonyl (C=O) groups is 1. The second kappa shape index (κ2) is 7.29. The van der Waals surface area contributed by atoms with Crippen molar-refractivity contribution in [1.29, 1.82) is 0 Å². The number of aromatic nitrogens is 1. The minimum absolute atomic E-state index is 0.0677. The first-order valence-corrected chi connectivity index (χ1v) is 9.68. The van der Waals surface area contributed by atoms with E-state index in [2.05, 4.69) is 4.98 Å². The Kier molecular flexibility index (Phi) is 5.66. The first-order valence-electron chi connectivity index (χ1n) is 6.50. The van der Waals surface area contributed by atoms with Crippen molar-refractivity contribution < 1.29 is 9.00 Å². The molecule has 1 amide bonds. The quantitative estimate of drug-likeness (QED) is 0.811. The number of hydrogen-bond donors (Lipinski definition) is 0. The third kappa shape index (κ3) is 4.72. The van der Waals surface area contributed by atoms with Crippen LogP contribution < -0.4 is 0 Å². The van der Waals surface area contributed by atoms with Crippen molar-refractivity contribution in [1.82, 2.24) is 9.88 Å². The molecule has 0 spiro atoms. The number of nitrogens with zero attached hydrogens (tertiary/aromatic N) is 2. The van der Waals surface area contributed by atoms with Gasteiger partial charge in [-0.1, -0.05) is 6.07 Å². The van der Waals surface area contributed by atoms with Crippen molar-refractivity contribution in [3.05, 3.63) is 38.0 Å².